The molecule has 125 heavy (non-hydrogen) atoms. The number of guanidine groups is 1. The van der Waals surface area contributed by atoms with Gasteiger partial charge in [0.25, 0.3) is 0 Å². The van der Waals surface area contributed by atoms with Gasteiger partial charge in [0.1, 0.15) is 5.78 Å². The lowest BCUT2D eigenvalue weighted by Crippen LogP contribution is -2.90. The summed E-state index contributed by atoms with van der Waals surface area (Å²) in [6, 6.07) is 16.7. The first kappa shape index (κ1) is 86.2. The zero-order valence-electron chi connectivity index (χ0n) is 73.5. The van der Waals surface area contributed by atoms with Crippen LogP contribution in [0.5, 0.6) is 46.0 Å². The van der Waals surface area contributed by atoms with Crippen LogP contribution in [0.3, 0.4) is 0 Å². The number of quaternary nitrogens is 1. The maximum atomic E-state index is 13.1. The Morgan fingerprint density at radius 2 is 0.832 bits per heavy atom. The molecule has 9 aliphatic heterocycles. The summed E-state index contributed by atoms with van der Waals surface area (Å²) >= 11 is 0. The van der Waals surface area contributed by atoms with Crippen molar-refractivity contribution in [1.82, 2.24) is 44.5 Å². The Labute approximate surface area is 729 Å². The first-order valence-electron chi connectivity index (χ1n) is 45.7. The number of benzene rings is 4. The van der Waals surface area contributed by atoms with Gasteiger partial charge in [0, 0.05) is 161 Å². The zero-order valence-corrected chi connectivity index (χ0v) is 73.5. The number of rotatable bonds is 18. The van der Waals surface area contributed by atoms with E-state index in [1.54, 1.807) is 37.0 Å². The van der Waals surface area contributed by atoms with E-state index >= 15 is 0 Å². The Morgan fingerprint density at radius 1 is 0.496 bits per heavy atom. The Balaban J connectivity index is 0.000000114. The molecule has 17 aliphatic rings. The lowest BCUT2D eigenvalue weighted by atomic mass is 9.52. The van der Waals surface area contributed by atoms with Crippen LogP contribution in [0, 0.1) is 23.7 Å². The van der Waals surface area contributed by atoms with Crippen molar-refractivity contribution in [1.29, 1.82) is 0 Å². The SMILES string of the molecule is CN(CCCC(=O)[C@@H](N)CCCN=C(N)N)C(=O)Oc1ccc2c3c1O[C@@H]1C(=O)CCC4[C@H](C2)N(C)CC[C@]341.CN(CCN)C(=O)Oc1ccc2c3c1O[C@@H]1C(=O)CCC4[C@H](C2)N(C)CC[C@]341.CN1CC[C@@]23c4c5ccc(OC(=O)N6CC[NH2+]CC6)c4O[C@@H]2C(=O)CCC3[C@@H]1C5.CNCCN(C)C(=O)Oc1ccc2c3c1O[C@@H]1C(=O)CCC4[C@H](C2)N(C)CC[C@]341. The second-order valence-electron chi connectivity index (χ2n) is 38.4. The number of amides is 4. The third-order valence-electron chi connectivity index (χ3n) is 32.1. The molecule has 672 valence electrons. The summed E-state index contributed by atoms with van der Waals surface area (Å²) < 4.78 is 48.5. The number of ether oxygens (including phenoxy) is 8. The number of aliphatic imine (C=N–C) groups is 1. The number of ketones is 5. The van der Waals surface area contributed by atoms with E-state index in [-0.39, 0.29) is 69.0 Å². The maximum Gasteiger partial charge on any atom is 0.415 e. The van der Waals surface area contributed by atoms with Gasteiger partial charge in [-0.1, -0.05) is 24.3 Å². The number of nitrogens with two attached hydrogens (primary N) is 5. The highest BCUT2D eigenvalue weighted by molar-refractivity contribution is 5.93. The molecule has 8 bridgehead atoms. The van der Waals surface area contributed by atoms with E-state index in [1.165, 1.54) is 37.6 Å². The standard InChI is InChI=1S/C28H40N6O5.C22H27N3O4.C22H29N3O4.C21H27N3O4/c1-33-14-11-28-17-8-9-21(36)25(28)39-24-22(10-7-16(23(24)28)15-19(17)33)38-27(37)34(2)13-4-6-20(35)18(29)5-3-12-32-26(30)31;1-24-9-6-22-14-3-4-16(26)20(22)29-19-17(5-2-13(18(19)22)12-15(14)24)28-21(27)25-10-7-23-8-11-25;1-23-9-11-25(3)21(27)28-17-7-4-13-12-15-14-5-6-16(26)20-22(14,8-10-24(15)2)18(13)19(17)29-20;1-23-9-7-21-13-4-5-15(25)19(21)28-18-16(27-20(26)24(2)10-8-22)6-3-12(17(18)21)11-14(13)23/h7,10,17-19,25H,3-6,8-9,11-15,29H2,1-2H3,(H4,30,31,32);2,5,14-15,20,23H,3-4,6-12H2,1H3;4,7,14-15,20,23H,5-6,8-12H2,1-3H3;3,6,13-14,19H,4-5,7-11,22H2,1-2H3/p+1/t17?,18-,19-,25+,28+;2*14?,15-,20+,22+;13?,14-,19+,21+/m0000/s1. The van der Waals surface area contributed by atoms with Crippen LogP contribution in [-0.4, -0.2) is 301 Å². The molecule has 11 N–H and O–H groups in total. The number of nitrogens with zero attached hydrogens (tertiary/aromatic N) is 9. The number of likely N-dealkylation sites (tertiary alicyclic amines) is 4. The van der Waals surface area contributed by atoms with Gasteiger partial charge in [-0.3, -0.25) is 33.9 Å². The lowest BCUT2D eigenvalue weighted by Gasteiger charge is -2.57. The van der Waals surface area contributed by atoms with Gasteiger partial charge < -0.3 is 106 Å². The molecule has 4 aromatic carbocycles. The average molecular weight is 1720 g/mol. The minimum Gasteiger partial charge on any atom is -0.477 e. The van der Waals surface area contributed by atoms with Crippen molar-refractivity contribution in [3.05, 3.63) is 93.0 Å². The van der Waals surface area contributed by atoms with E-state index < -0.39 is 48.7 Å². The van der Waals surface area contributed by atoms with Gasteiger partial charge in [-0.2, -0.15) is 0 Å². The number of nitrogens with one attached hydrogen (secondary N) is 1. The second kappa shape index (κ2) is 33.9. The fourth-order valence-electron chi connectivity index (χ4n) is 26.1. The smallest absolute Gasteiger partial charge is 0.415 e. The highest BCUT2D eigenvalue weighted by atomic mass is 16.6. The summed E-state index contributed by atoms with van der Waals surface area (Å²) in [6.07, 6.45) is 11.6. The average Bonchev–Trinajstić information content (AvgIpc) is 1.52. The molecule has 17 atom stereocenters. The molecule has 4 saturated carbocycles. The van der Waals surface area contributed by atoms with Crippen LogP contribution in [0.25, 0.3) is 0 Å². The van der Waals surface area contributed by atoms with E-state index in [9.17, 15) is 43.2 Å². The van der Waals surface area contributed by atoms with Crippen molar-refractivity contribution in [3.8, 4) is 46.0 Å². The highest BCUT2D eigenvalue weighted by Crippen LogP contribution is 2.68. The number of piperidine rings is 4. The summed E-state index contributed by atoms with van der Waals surface area (Å²) in [5, 5.41) is 5.23. The molecule has 32 nitrogen and oxygen atoms in total. The summed E-state index contributed by atoms with van der Waals surface area (Å²) in [5.41, 5.74) is 30.5. The Hall–Kier alpha value is -9.54. The van der Waals surface area contributed by atoms with Crippen LogP contribution in [0.2, 0.25) is 0 Å². The predicted octanol–water partition coefficient (Wildman–Crippen LogP) is 4.28. The molecule has 4 aromatic rings. The number of carbonyl (C=O) groups is 9. The zero-order chi connectivity index (χ0) is 87.6. The molecule has 9 heterocycles. The van der Waals surface area contributed by atoms with Crippen LogP contribution in [-0.2, 0) is 71.3 Å². The van der Waals surface area contributed by atoms with Crippen molar-refractivity contribution in [2.24, 2.45) is 51.6 Å². The molecule has 32 heteroatoms. The normalized spacial score (nSPS) is 31.3. The maximum absolute atomic E-state index is 13.1. The molecule has 4 spiro atoms. The minimum atomic E-state index is -0.582. The van der Waals surface area contributed by atoms with Crippen LogP contribution in [0.15, 0.2) is 53.5 Å². The number of likely N-dealkylation sites (N-methyl/N-ethyl adjacent to an activating group) is 7. The molecule has 8 aliphatic carbocycles. The molecular formula is C93H124N15O17+. The Morgan fingerprint density at radius 3 is 1.17 bits per heavy atom. The quantitative estimate of drug-likeness (QED) is 0.0460. The number of hydrogen-bond donors (Lipinski definition) is 6. The highest BCUT2D eigenvalue weighted by Gasteiger charge is 2.71. The van der Waals surface area contributed by atoms with Crippen LogP contribution >= 0.6 is 0 Å². The topological polar surface area (TPSA) is 398 Å². The van der Waals surface area contributed by atoms with Crippen LogP contribution in [0.4, 0.5) is 19.2 Å². The van der Waals surface area contributed by atoms with Gasteiger partial charge in [0.2, 0.25) is 0 Å². The monoisotopic (exact) mass is 1720 g/mol. The van der Waals surface area contributed by atoms with Gasteiger partial charge in [0.15, 0.2) is 99.5 Å². The summed E-state index contributed by atoms with van der Waals surface area (Å²) in [6.45, 7) is 9.80. The van der Waals surface area contributed by atoms with Crippen molar-refractivity contribution in [2.75, 3.05) is 148 Å². The van der Waals surface area contributed by atoms with Gasteiger partial charge in [-0.05, 0) is 228 Å². The van der Waals surface area contributed by atoms with Crippen molar-refractivity contribution in [2.45, 2.75) is 205 Å². The number of carbonyl (C=O) groups excluding carboxylic acids is 9. The van der Waals surface area contributed by atoms with E-state index in [0.717, 1.165) is 133 Å². The molecule has 21 rings (SSSR count). The third kappa shape index (κ3) is 14.3. The fraction of sp³-hybridized carbons (Fsp3) is 0.634. The lowest BCUT2D eigenvalue weighted by molar-refractivity contribution is -0.662. The van der Waals surface area contributed by atoms with E-state index in [1.807, 2.05) is 31.3 Å². The third-order valence-corrected chi connectivity index (χ3v) is 32.1. The second-order valence-corrected chi connectivity index (χ2v) is 38.4. The Kier molecular flexibility index (Phi) is 23.4. The Bertz CT molecular complexity index is 5020. The predicted molar refractivity (Wildman–Crippen MR) is 460 cm³/mol. The first-order chi connectivity index (χ1) is 60.2. The van der Waals surface area contributed by atoms with Crippen molar-refractivity contribution in [3.63, 3.8) is 0 Å². The molecule has 4 unspecified atom stereocenters. The number of Topliss-reactive ketones (excluding diaryl/α,β-unsaturated/α-hetero) is 5. The van der Waals surface area contributed by atoms with Gasteiger partial charge in [-0.25, -0.2) is 19.2 Å². The minimum absolute atomic E-state index is 0.0201. The van der Waals surface area contributed by atoms with E-state index in [2.05, 4.69) is 81.6 Å². The van der Waals surface area contributed by atoms with Gasteiger partial charge in [-0.15, -0.1) is 0 Å². The summed E-state index contributed by atoms with van der Waals surface area (Å²) in [7, 11) is 15.6. The first-order valence-corrected chi connectivity index (χ1v) is 45.7. The fourth-order valence-corrected chi connectivity index (χ4v) is 26.1. The van der Waals surface area contributed by atoms with Crippen LogP contribution < -0.4 is 71.5 Å². The molecule has 0 radical (unpaired) electrons. The molecular weight excluding hydrogens is 1600 g/mol. The van der Waals surface area contributed by atoms with Crippen molar-refractivity contribution < 1.29 is 86.4 Å². The molecule has 9 fully saturated rings. The van der Waals surface area contributed by atoms with Gasteiger partial charge in [0.05, 0.1) is 32.2 Å². The number of hydrogen-bond acceptors (Lipinski definition) is 25. The molecule has 4 amide bonds. The van der Waals surface area contributed by atoms with E-state index in [4.69, 9.17) is 60.8 Å². The van der Waals surface area contributed by atoms with Crippen LogP contribution in [0.1, 0.15) is 147 Å². The summed E-state index contributed by atoms with van der Waals surface area (Å²) in [4.78, 5) is 135. The number of piperazine rings is 1. The largest absolute Gasteiger partial charge is 0.477 e. The van der Waals surface area contributed by atoms with E-state index in [0.29, 0.717) is 191 Å². The van der Waals surface area contributed by atoms with Gasteiger partial charge >= 0.3 is 24.4 Å². The molecule has 0 aromatic heterocycles. The summed E-state index contributed by atoms with van der Waals surface area (Å²) in [5.74, 6) is 6.47. The van der Waals surface area contributed by atoms with Crippen molar-refractivity contribution >= 4 is 59.2 Å². The molecule has 5 saturated heterocycles.